The highest BCUT2D eigenvalue weighted by atomic mass is 32.1. The number of nitrogens with one attached hydrogen (secondary N) is 2. The average molecular weight is 238 g/mol. The summed E-state index contributed by atoms with van der Waals surface area (Å²) in [7, 11) is 0. The molecular formula is C10H14N4OS. The minimum atomic E-state index is -0.123. The molecule has 1 aliphatic carbocycles. The predicted molar refractivity (Wildman–Crippen MR) is 64.0 cm³/mol. The van der Waals surface area contributed by atoms with Crippen LogP contribution in [0.3, 0.4) is 0 Å². The van der Waals surface area contributed by atoms with Crippen LogP contribution in [-0.2, 0) is 0 Å². The SMILES string of the molecule is NC(=S)C1CCCC1NC(=O)c1cn[nH]c1. The number of thiocarbonyl (C=S) groups is 1. The van der Waals surface area contributed by atoms with Gasteiger partial charge in [0.1, 0.15) is 0 Å². The van der Waals surface area contributed by atoms with Crippen molar-refractivity contribution in [1.82, 2.24) is 15.5 Å². The number of nitrogens with zero attached hydrogens (tertiary/aromatic N) is 1. The molecule has 1 saturated carbocycles. The molecule has 1 heterocycles. The number of H-pyrrole nitrogens is 1. The van der Waals surface area contributed by atoms with Crippen molar-refractivity contribution in [1.29, 1.82) is 0 Å². The van der Waals surface area contributed by atoms with Crippen molar-refractivity contribution in [2.75, 3.05) is 0 Å². The lowest BCUT2D eigenvalue weighted by Crippen LogP contribution is -2.41. The first-order valence-corrected chi connectivity index (χ1v) is 5.68. The molecule has 6 heteroatoms. The zero-order valence-corrected chi connectivity index (χ0v) is 9.59. The van der Waals surface area contributed by atoms with Gasteiger partial charge in [-0.3, -0.25) is 9.89 Å². The van der Waals surface area contributed by atoms with Gasteiger partial charge in [0.15, 0.2) is 0 Å². The summed E-state index contributed by atoms with van der Waals surface area (Å²) >= 11 is 4.99. The van der Waals surface area contributed by atoms with Crippen molar-refractivity contribution in [3.05, 3.63) is 18.0 Å². The largest absolute Gasteiger partial charge is 0.393 e. The Morgan fingerprint density at radius 2 is 2.44 bits per heavy atom. The molecule has 1 aromatic heterocycles. The van der Waals surface area contributed by atoms with Gasteiger partial charge in [0.05, 0.1) is 16.7 Å². The predicted octanol–water partition coefficient (Wildman–Crippen LogP) is 0.594. The molecule has 16 heavy (non-hydrogen) atoms. The van der Waals surface area contributed by atoms with Crippen molar-refractivity contribution >= 4 is 23.1 Å². The maximum atomic E-state index is 11.8. The van der Waals surface area contributed by atoms with Crippen LogP contribution >= 0.6 is 12.2 Å². The Balaban J connectivity index is 1.99. The van der Waals surface area contributed by atoms with E-state index in [0.29, 0.717) is 10.6 Å². The van der Waals surface area contributed by atoms with E-state index in [0.717, 1.165) is 19.3 Å². The summed E-state index contributed by atoms with van der Waals surface area (Å²) in [5.41, 5.74) is 6.18. The minimum Gasteiger partial charge on any atom is -0.393 e. The van der Waals surface area contributed by atoms with Crippen LogP contribution in [0.1, 0.15) is 29.6 Å². The van der Waals surface area contributed by atoms with Crippen molar-refractivity contribution in [3.63, 3.8) is 0 Å². The van der Waals surface area contributed by atoms with E-state index in [1.54, 1.807) is 6.20 Å². The summed E-state index contributed by atoms with van der Waals surface area (Å²) in [5.74, 6) is 0.00718. The lowest BCUT2D eigenvalue weighted by Gasteiger charge is -2.19. The second kappa shape index (κ2) is 4.61. The van der Waals surface area contributed by atoms with E-state index in [1.807, 2.05) is 0 Å². The van der Waals surface area contributed by atoms with E-state index in [4.69, 9.17) is 18.0 Å². The van der Waals surface area contributed by atoms with Crippen LogP contribution < -0.4 is 11.1 Å². The molecule has 0 spiro atoms. The van der Waals surface area contributed by atoms with Gasteiger partial charge in [-0.25, -0.2) is 0 Å². The summed E-state index contributed by atoms with van der Waals surface area (Å²) in [6.45, 7) is 0. The first kappa shape index (κ1) is 11.1. The summed E-state index contributed by atoms with van der Waals surface area (Å²) in [4.78, 5) is 12.3. The van der Waals surface area contributed by atoms with E-state index in [1.165, 1.54) is 6.20 Å². The van der Waals surface area contributed by atoms with Gasteiger partial charge >= 0.3 is 0 Å². The second-order valence-electron chi connectivity index (χ2n) is 4.01. The quantitative estimate of drug-likeness (QED) is 0.673. The lowest BCUT2D eigenvalue weighted by atomic mass is 10.0. The molecule has 0 aromatic carbocycles. The molecule has 1 amide bonds. The van der Waals surface area contributed by atoms with Crippen LogP contribution in [-0.4, -0.2) is 27.1 Å². The van der Waals surface area contributed by atoms with Crippen LogP contribution in [0.2, 0.25) is 0 Å². The zero-order valence-electron chi connectivity index (χ0n) is 8.77. The minimum absolute atomic E-state index is 0.0694. The van der Waals surface area contributed by atoms with E-state index in [9.17, 15) is 4.79 Å². The Morgan fingerprint density at radius 3 is 3.06 bits per heavy atom. The van der Waals surface area contributed by atoms with Gasteiger partial charge in [-0.15, -0.1) is 0 Å². The molecule has 86 valence electrons. The van der Waals surface area contributed by atoms with E-state index >= 15 is 0 Å². The van der Waals surface area contributed by atoms with Gasteiger partial charge in [0.25, 0.3) is 5.91 Å². The number of hydrogen-bond donors (Lipinski definition) is 3. The molecule has 0 saturated heterocycles. The van der Waals surface area contributed by atoms with Gasteiger partial charge < -0.3 is 11.1 Å². The Labute approximate surface area is 98.8 Å². The van der Waals surface area contributed by atoms with Gasteiger partial charge in [-0.05, 0) is 12.8 Å². The number of carbonyl (C=O) groups is 1. The molecule has 2 rings (SSSR count). The highest BCUT2D eigenvalue weighted by Gasteiger charge is 2.30. The number of carbonyl (C=O) groups excluding carboxylic acids is 1. The molecule has 0 bridgehead atoms. The van der Waals surface area contributed by atoms with Crippen LogP contribution in [0.15, 0.2) is 12.4 Å². The third-order valence-electron chi connectivity index (χ3n) is 2.96. The van der Waals surface area contributed by atoms with Gasteiger partial charge in [0, 0.05) is 18.2 Å². The maximum absolute atomic E-state index is 11.8. The molecule has 1 aliphatic rings. The fourth-order valence-corrected chi connectivity index (χ4v) is 2.38. The summed E-state index contributed by atoms with van der Waals surface area (Å²) < 4.78 is 0. The highest BCUT2D eigenvalue weighted by Crippen LogP contribution is 2.26. The molecular weight excluding hydrogens is 224 g/mol. The fraction of sp³-hybridized carbons (Fsp3) is 0.500. The first-order valence-electron chi connectivity index (χ1n) is 5.27. The second-order valence-corrected chi connectivity index (χ2v) is 4.48. The average Bonchev–Trinajstić information content (AvgIpc) is 2.86. The molecule has 2 unspecified atom stereocenters. The highest BCUT2D eigenvalue weighted by molar-refractivity contribution is 7.80. The monoisotopic (exact) mass is 238 g/mol. The van der Waals surface area contributed by atoms with Gasteiger partial charge in [0.2, 0.25) is 0 Å². The third kappa shape index (κ3) is 2.21. The van der Waals surface area contributed by atoms with E-state index in [-0.39, 0.29) is 17.9 Å². The normalized spacial score (nSPS) is 24.2. The van der Waals surface area contributed by atoms with Crippen LogP contribution in [0.5, 0.6) is 0 Å². The molecule has 5 nitrogen and oxygen atoms in total. The number of hydrogen-bond acceptors (Lipinski definition) is 3. The molecule has 0 radical (unpaired) electrons. The van der Waals surface area contributed by atoms with Crippen molar-refractivity contribution < 1.29 is 4.79 Å². The molecule has 1 fully saturated rings. The van der Waals surface area contributed by atoms with E-state index < -0.39 is 0 Å². The van der Waals surface area contributed by atoms with E-state index in [2.05, 4.69) is 15.5 Å². The van der Waals surface area contributed by atoms with Crippen LogP contribution in [0.4, 0.5) is 0 Å². The number of nitrogens with two attached hydrogens (primary N) is 1. The molecule has 4 N–H and O–H groups in total. The van der Waals surface area contributed by atoms with Crippen molar-refractivity contribution in [2.24, 2.45) is 11.7 Å². The number of aromatic nitrogens is 2. The molecule has 2 atom stereocenters. The Morgan fingerprint density at radius 1 is 1.62 bits per heavy atom. The standard InChI is InChI=1S/C10H14N4OS/c11-9(16)7-2-1-3-8(7)14-10(15)6-4-12-13-5-6/h4-5,7-8H,1-3H2,(H2,11,16)(H,12,13)(H,14,15). The third-order valence-corrected chi connectivity index (χ3v) is 3.26. The topological polar surface area (TPSA) is 83.8 Å². The zero-order chi connectivity index (χ0) is 11.5. The van der Waals surface area contributed by atoms with Gasteiger partial charge in [-0.1, -0.05) is 18.6 Å². The fourth-order valence-electron chi connectivity index (χ4n) is 2.10. The number of aromatic amines is 1. The van der Waals surface area contributed by atoms with Crippen molar-refractivity contribution in [2.45, 2.75) is 25.3 Å². The number of amides is 1. The summed E-state index contributed by atoms with van der Waals surface area (Å²) in [6, 6.07) is 0.0694. The Hall–Kier alpha value is -1.43. The first-order chi connectivity index (χ1) is 7.68. The van der Waals surface area contributed by atoms with Gasteiger partial charge in [-0.2, -0.15) is 5.10 Å². The van der Waals surface area contributed by atoms with Crippen molar-refractivity contribution in [3.8, 4) is 0 Å². The molecule has 0 aliphatic heterocycles. The Bertz CT molecular complexity index is 390. The summed E-state index contributed by atoms with van der Waals surface area (Å²) in [6.07, 6.45) is 6.02. The van der Waals surface area contributed by atoms with Crippen LogP contribution in [0.25, 0.3) is 0 Å². The smallest absolute Gasteiger partial charge is 0.254 e. The lowest BCUT2D eigenvalue weighted by molar-refractivity contribution is 0.0934. The Kier molecular flexibility index (Phi) is 3.19. The number of rotatable bonds is 3. The summed E-state index contributed by atoms with van der Waals surface area (Å²) in [5, 5.41) is 9.29. The van der Waals surface area contributed by atoms with Crippen LogP contribution in [0, 0.1) is 5.92 Å². The maximum Gasteiger partial charge on any atom is 0.254 e. The molecule has 1 aromatic rings.